The average molecular weight is 481 g/mol. The maximum absolute atomic E-state index is 13.4. The molecule has 34 heavy (non-hydrogen) atoms. The normalized spacial score (nSPS) is 13.5. The number of fused-ring (bicyclic) bond motifs is 1. The van der Waals surface area contributed by atoms with Gasteiger partial charge in [0.1, 0.15) is 5.82 Å². The molecule has 0 aliphatic heterocycles. The van der Waals surface area contributed by atoms with Gasteiger partial charge in [-0.3, -0.25) is 0 Å². The van der Waals surface area contributed by atoms with Crippen LogP contribution in [0, 0.1) is 11.2 Å². The Morgan fingerprint density at radius 1 is 1.00 bits per heavy atom. The lowest BCUT2D eigenvalue weighted by Crippen LogP contribution is -2.42. The second kappa shape index (κ2) is 9.29. The van der Waals surface area contributed by atoms with Gasteiger partial charge in [-0.05, 0) is 52.9 Å². The van der Waals surface area contributed by atoms with E-state index in [0.717, 1.165) is 27.7 Å². The molecule has 1 N–H and O–H groups in total. The molecule has 0 bridgehead atoms. The van der Waals surface area contributed by atoms with Gasteiger partial charge in [0.2, 0.25) is 0 Å². The fourth-order valence-electron chi connectivity index (χ4n) is 4.27. The van der Waals surface area contributed by atoms with Crippen LogP contribution >= 0.6 is 0 Å². The molecule has 0 fully saturated rings. The predicted molar refractivity (Wildman–Crippen MR) is 134 cm³/mol. The van der Waals surface area contributed by atoms with Crippen molar-refractivity contribution in [1.29, 1.82) is 0 Å². The van der Waals surface area contributed by atoms with Crippen LogP contribution < -0.4 is 4.72 Å². The smallest absolute Gasteiger partial charge is 0.233 e. The van der Waals surface area contributed by atoms with E-state index in [0.29, 0.717) is 0 Å². The van der Waals surface area contributed by atoms with Gasteiger partial charge >= 0.3 is 0 Å². The molecule has 0 aliphatic carbocycles. The lowest BCUT2D eigenvalue weighted by Gasteiger charge is -2.36. The zero-order chi connectivity index (χ0) is 24.5. The van der Waals surface area contributed by atoms with Crippen LogP contribution in [0.2, 0.25) is 0 Å². The second-order valence-electron chi connectivity index (χ2n) is 9.29. The summed E-state index contributed by atoms with van der Waals surface area (Å²) in [5, 5.41) is 5.47. The molecule has 0 amide bonds. The first kappa shape index (κ1) is 24.1. The lowest BCUT2D eigenvalue weighted by atomic mass is 9.71. The molecule has 4 aromatic rings. The first-order valence-electron chi connectivity index (χ1n) is 11.0. The number of rotatable bonds is 8. The molecule has 1 aromatic heterocycles. The standard InChI is InChI=1S/C26H29FN4O2S/c1-26(2,18-29-34(32,33)30(3)4)25(19-8-6-5-7-9-19)20-10-15-24-21(16-20)17-28-31(24)23-13-11-22(27)12-14-23/h5-17,25,29H,18H2,1-4H3/t25-/m0/s1. The van der Waals surface area contributed by atoms with Gasteiger partial charge in [0.05, 0.1) is 17.4 Å². The van der Waals surface area contributed by atoms with E-state index in [2.05, 4.69) is 47.9 Å². The van der Waals surface area contributed by atoms with Crippen molar-refractivity contribution in [2.24, 2.45) is 5.41 Å². The Morgan fingerprint density at radius 3 is 2.32 bits per heavy atom. The maximum atomic E-state index is 13.4. The quantitative estimate of drug-likeness (QED) is 0.397. The predicted octanol–water partition coefficient (Wildman–Crippen LogP) is 4.72. The number of nitrogens with zero attached hydrogens (tertiary/aromatic N) is 3. The molecule has 0 radical (unpaired) electrons. The summed E-state index contributed by atoms with van der Waals surface area (Å²) in [6.45, 7) is 4.39. The van der Waals surface area contributed by atoms with E-state index in [1.165, 1.54) is 30.5 Å². The fourth-order valence-corrected chi connectivity index (χ4v) is 5.08. The zero-order valence-corrected chi connectivity index (χ0v) is 20.6. The molecule has 0 spiro atoms. The second-order valence-corrected chi connectivity index (χ2v) is 11.3. The van der Waals surface area contributed by atoms with Crippen LogP contribution in [0.1, 0.15) is 30.9 Å². The molecule has 1 heterocycles. The van der Waals surface area contributed by atoms with Gasteiger partial charge < -0.3 is 0 Å². The number of hydrogen-bond acceptors (Lipinski definition) is 3. The Kier molecular flexibility index (Phi) is 6.58. The molecule has 4 rings (SSSR count). The van der Waals surface area contributed by atoms with Crippen molar-refractivity contribution in [2.75, 3.05) is 20.6 Å². The largest absolute Gasteiger partial charge is 0.278 e. The Bertz CT molecular complexity index is 1380. The van der Waals surface area contributed by atoms with Gasteiger partial charge in [0.25, 0.3) is 10.2 Å². The Balaban J connectivity index is 1.74. The zero-order valence-electron chi connectivity index (χ0n) is 19.7. The van der Waals surface area contributed by atoms with Gasteiger partial charge in [-0.2, -0.15) is 17.8 Å². The molecule has 3 aromatic carbocycles. The average Bonchev–Trinajstić information content (AvgIpc) is 3.22. The minimum Gasteiger partial charge on any atom is -0.233 e. The SMILES string of the molecule is CN(C)S(=O)(=O)NCC(C)(C)[C@@H](c1ccccc1)c1ccc2c(cnn2-c2ccc(F)cc2)c1. The summed E-state index contributed by atoms with van der Waals surface area (Å²) in [5.74, 6) is -0.363. The molecule has 1 atom stereocenters. The summed E-state index contributed by atoms with van der Waals surface area (Å²) in [6.07, 6.45) is 1.80. The number of nitrogens with one attached hydrogen (secondary N) is 1. The highest BCUT2D eigenvalue weighted by molar-refractivity contribution is 7.87. The van der Waals surface area contributed by atoms with Gasteiger partial charge in [-0.15, -0.1) is 0 Å². The van der Waals surface area contributed by atoms with Crippen molar-refractivity contribution in [3.8, 4) is 5.69 Å². The third kappa shape index (κ3) is 4.89. The van der Waals surface area contributed by atoms with E-state index >= 15 is 0 Å². The number of halogens is 1. The summed E-state index contributed by atoms with van der Waals surface area (Å²) in [6, 6.07) is 22.5. The summed E-state index contributed by atoms with van der Waals surface area (Å²) in [4.78, 5) is 0. The summed E-state index contributed by atoms with van der Waals surface area (Å²) in [7, 11) is -0.530. The van der Waals surface area contributed by atoms with E-state index in [1.807, 2.05) is 24.3 Å². The highest BCUT2D eigenvalue weighted by Crippen LogP contribution is 2.41. The highest BCUT2D eigenvalue weighted by atomic mass is 32.2. The number of benzene rings is 3. The third-order valence-electron chi connectivity index (χ3n) is 6.10. The lowest BCUT2D eigenvalue weighted by molar-refractivity contribution is 0.314. The summed E-state index contributed by atoms with van der Waals surface area (Å²) in [5.41, 5.74) is 3.41. The molecule has 8 heteroatoms. The van der Waals surface area contributed by atoms with Gasteiger partial charge in [-0.25, -0.2) is 13.8 Å². The van der Waals surface area contributed by atoms with E-state index in [-0.39, 0.29) is 18.3 Å². The number of aromatic nitrogens is 2. The van der Waals surface area contributed by atoms with Crippen LogP contribution in [0.5, 0.6) is 0 Å². The summed E-state index contributed by atoms with van der Waals surface area (Å²) < 4.78 is 43.8. The number of hydrogen-bond donors (Lipinski definition) is 1. The molecule has 0 saturated heterocycles. The Hall–Kier alpha value is -3.07. The minimum absolute atomic E-state index is 0.0721. The molecule has 0 aliphatic rings. The van der Waals surface area contributed by atoms with Crippen molar-refractivity contribution in [3.63, 3.8) is 0 Å². The molecule has 0 saturated carbocycles. The van der Waals surface area contributed by atoms with Crippen molar-refractivity contribution < 1.29 is 12.8 Å². The first-order valence-corrected chi connectivity index (χ1v) is 12.5. The van der Waals surface area contributed by atoms with E-state index in [1.54, 1.807) is 23.0 Å². The van der Waals surface area contributed by atoms with Crippen LogP contribution in [0.3, 0.4) is 0 Å². The first-order chi connectivity index (χ1) is 16.1. The topological polar surface area (TPSA) is 67.2 Å². The Labute approximate surface area is 200 Å². The van der Waals surface area contributed by atoms with Crippen molar-refractivity contribution >= 4 is 21.1 Å². The van der Waals surface area contributed by atoms with Crippen LogP contribution in [-0.2, 0) is 10.2 Å². The molecular weight excluding hydrogens is 451 g/mol. The van der Waals surface area contributed by atoms with E-state index < -0.39 is 15.6 Å². The summed E-state index contributed by atoms with van der Waals surface area (Å²) >= 11 is 0. The van der Waals surface area contributed by atoms with Crippen molar-refractivity contribution in [1.82, 2.24) is 18.8 Å². The van der Waals surface area contributed by atoms with Crippen molar-refractivity contribution in [3.05, 3.63) is 95.9 Å². The Morgan fingerprint density at radius 2 is 1.68 bits per heavy atom. The van der Waals surface area contributed by atoms with Gasteiger partial charge in [-0.1, -0.05) is 50.2 Å². The van der Waals surface area contributed by atoms with Gasteiger partial charge in [0.15, 0.2) is 0 Å². The van der Waals surface area contributed by atoms with Gasteiger partial charge in [0, 0.05) is 31.9 Å². The third-order valence-corrected chi connectivity index (χ3v) is 7.57. The molecule has 6 nitrogen and oxygen atoms in total. The van der Waals surface area contributed by atoms with Crippen LogP contribution in [0.15, 0.2) is 79.0 Å². The van der Waals surface area contributed by atoms with Crippen LogP contribution in [0.25, 0.3) is 16.6 Å². The fraction of sp³-hybridized carbons (Fsp3) is 0.269. The van der Waals surface area contributed by atoms with Crippen LogP contribution in [-0.4, -0.2) is 43.1 Å². The van der Waals surface area contributed by atoms with E-state index in [9.17, 15) is 12.8 Å². The van der Waals surface area contributed by atoms with Crippen LogP contribution in [0.4, 0.5) is 4.39 Å². The van der Waals surface area contributed by atoms with Crippen molar-refractivity contribution in [2.45, 2.75) is 19.8 Å². The monoisotopic (exact) mass is 480 g/mol. The maximum Gasteiger partial charge on any atom is 0.278 e. The van der Waals surface area contributed by atoms with E-state index in [4.69, 9.17) is 0 Å². The molecular formula is C26H29FN4O2S. The molecule has 0 unspecified atom stereocenters. The minimum atomic E-state index is -3.55. The molecule has 178 valence electrons. The highest BCUT2D eigenvalue weighted by Gasteiger charge is 2.34.